The minimum absolute atomic E-state index is 0.306. The number of hydrogen-bond acceptors (Lipinski definition) is 4. The lowest BCUT2D eigenvalue weighted by molar-refractivity contribution is -0.106. The summed E-state index contributed by atoms with van der Waals surface area (Å²) in [5, 5.41) is 0. The molecule has 0 amide bonds. The standard InChI is InChI=1S/C8H5FN2O.C8H15N.C2H4O/c9-6-1-2-11-4-7(5-12)10-8(11)3-6;1-8(2)6-4-9(3)5-7(6)8;1-2-3/h1-5H;6-7H,4-5H2,1-3H3;2H,1H3. The van der Waals surface area contributed by atoms with Gasteiger partial charge in [0.2, 0.25) is 0 Å². The third-order valence-corrected chi connectivity index (χ3v) is 4.87. The third-order valence-electron chi connectivity index (χ3n) is 4.87. The minimum atomic E-state index is -0.356. The summed E-state index contributed by atoms with van der Waals surface area (Å²) >= 11 is 0. The number of pyridine rings is 1. The molecule has 2 atom stereocenters. The molecule has 0 aromatic carbocycles. The van der Waals surface area contributed by atoms with Crippen molar-refractivity contribution < 1.29 is 14.0 Å². The molecule has 130 valence electrons. The second-order valence-electron chi connectivity index (χ2n) is 6.89. The molecule has 5 nitrogen and oxygen atoms in total. The number of aromatic nitrogens is 2. The van der Waals surface area contributed by atoms with Crippen LogP contribution in [0, 0.1) is 23.1 Å². The SMILES string of the molecule is CC=O.CN1CC2C(C1)C2(C)C.O=Cc1cn2ccc(F)cc2n1. The van der Waals surface area contributed by atoms with Gasteiger partial charge in [-0.2, -0.15) is 0 Å². The van der Waals surface area contributed by atoms with E-state index in [9.17, 15) is 9.18 Å². The molecule has 24 heavy (non-hydrogen) atoms. The smallest absolute Gasteiger partial charge is 0.170 e. The molecule has 2 unspecified atom stereocenters. The van der Waals surface area contributed by atoms with Crippen LogP contribution in [0.5, 0.6) is 0 Å². The number of nitrogens with zero attached hydrogens (tertiary/aromatic N) is 3. The Balaban J connectivity index is 0.000000154. The Morgan fingerprint density at radius 1 is 1.29 bits per heavy atom. The van der Waals surface area contributed by atoms with Gasteiger partial charge in [-0.25, -0.2) is 9.37 Å². The second-order valence-corrected chi connectivity index (χ2v) is 6.89. The van der Waals surface area contributed by atoms with Gasteiger partial charge in [-0.3, -0.25) is 4.79 Å². The van der Waals surface area contributed by atoms with E-state index in [1.54, 1.807) is 10.6 Å². The molecular formula is C18H24FN3O2. The topological polar surface area (TPSA) is 54.7 Å². The summed E-state index contributed by atoms with van der Waals surface area (Å²) < 4.78 is 14.2. The normalized spacial score (nSPS) is 23.4. The highest BCUT2D eigenvalue weighted by Gasteiger charge is 2.60. The first kappa shape index (κ1) is 18.3. The molecule has 1 saturated carbocycles. The van der Waals surface area contributed by atoms with Crippen LogP contribution >= 0.6 is 0 Å². The van der Waals surface area contributed by atoms with Gasteiger partial charge < -0.3 is 14.1 Å². The molecule has 6 heteroatoms. The molecule has 0 N–H and O–H groups in total. The van der Waals surface area contributed by atoms with Crippen LogP contribution in [0.2, 0.25) is 0 Å². The van der Waals surface area contributed by atoms with Crippen LogP contribution < -0.4 is 0 Å². The quantitative estimate of drug-likeness (QED) is 0.753. The van der Waals surface area contributed by atoms with Gasteiger partial charge in [-0.05, 0) is 37.3 Å². The van der Waals surface area contributed by atoms with E-state index in [1.165, 1.54) is 38.3 Å². The number of aldehydes is 2. The average Bonchev–Trinajstić information content (AvgIpc) is 2.94. The van der Waals surface area contributed by atoms with E-state index < -0.39 is 0 Å². The van der Waals surface area contributed by atoms with Gasteiger partial charge in [0.15, 0.2) is 6.29 Å². The van der Waals surface area contributed by atoms with Crippen molar-refractivity contribution in [1.82, 2.24) is 14.3 Å². The molecule has 0 spiro atoms. The summed E-state index contributed by atoms with van der Waals surface area (Å²) in [6, 6.07) is 2.58. The van der Waals surface area contributed by atoms with Crippen LogP contribution in [0.25, 0.3) is 5.65 Å². The Bertz CT molecular complexity index is 712. The fraction of sp³-hybridized carbons (Fsp3) is 0.500. The van der Waals surface area contributed by atoms with Gasteiger partial charge in [0.25, 0.3) is 0 Å². The lowest BCUT2D eigenvalue weighted by atomic mass is 10.1. The lowest BCUT2D eigenvalue weighted by Gasteiger charge is -2.15. The number of halogens is 1. The molecule has 0 bridgehead atoms. The summed E-state index contributed by atoms with van der Waals surface area (Å²) in [5.41, 5.74) is 1.45. The zero-order valence-electron chi connectivity index (χ0n) is 14.6. The van der Waals surface area contributed by atoms with E-state index in [0.717, 1.165) is 18.1 Å². The monoisotopic (exact) mass is 333 g/mol. The Hall–Kier alpha value is -2.08. The third kappa shape index (κ3) is 3.87. The van der Waals surface area contributed by atoms with Gasteiger partial charge >= 0.3 is 0 Å². The molecule has 1 saturated heterocycles. The van der Waals surface area contributed by atoms with E-state index in [1.807, 2.05) is 0 Å². The van der Waals surface area contributed by atoms with Crippen LogP contribution in [0.4, 0.5) is 4.39 Å². The zero-order valence-corrected chi connectivity index (χ0v) is 14.6. The predicted octanol–water partition coefficient (Wildman–Crippen LogP) is 2.70. The lowest BCUT2D eigenvalue weighted by Crippen LogP contribution is -2.21. The number of imidazole rings is 1. The summed E-state index contributed by atoms with van der Waals surface area (Å²) in [6.07, 6.45) is 4.44. The van der Waals surface area contributed by atoms with Crippen molar-refractivity contribution in [3.05, 3.63) is 36.0 Å². The molecule has 2 aromatic rings. The van der Waals surface area contributed by atoms with Crippen LogP contribution in [0.3, 0.4) is 0 Å². The molecular weight excluding hydrogens is 309 g/mol. The van der Waals surface area contributed by atoms with Crippen molar-refractivity contribution in [3.63, 3.8) is 0 Å². The number of hydrogen-bond donors (Lipinski definition) is 0. The molecule has 1 aliphatic heterocycles. The summed E-state index contributed by atoms with van der Waals surface area (Å²) in [6.45, 7) is 8.93. The highest BCUT2D eigenvalue weighted by Crippen LogP contribution is 2.61. The fourth-order valence-electron chi connectivity index (χ4n) is 3.36. The van der Waals surface area contributed by atoms with Gasteiger partial charge in [0.1, 0.15) is 23.4 Å². The molecule has 1 aliphatic carbocycles. The fourth-order valence-corrected chi connectivity index (χ4v) is 3.36. The van der Waals surface area contributed by atoms with Crippen molar-refractivity contribution in [2.24, 2.45) is 17.3 Å². The largest absolute Gasteiger partial charge is 0.306 e. The molecule has 2 aliphatic rings. The van der Waals surface area contributed by atoms with Gasteiger partial charge in [-0.15, -0.1) is 0 Å². The minimum Gasteiger partial charge on any atom is -0.306 e. The number of likely N-dealkylation sites (tertiary alicyclic amines) is 1. The maximum Gasteiger partial charge on any atom is 0.170 e. The van der Waals surface area contributed by atoms with Gasteiger partial charge in [0, 0.05) is 31.5 Å². The van der Waals surface area contributed by atoms with Gasteiger partial charge in [0.05, 0.1) is 0 Å². The van der Waals surface area contributed by atoms with Gasteiger partial charge in [-0.1, -0.05) is 13.8 Å². The Morgan fingerprint density at radius 2 is 1.88 bits per heavy atom. The highest BCUT2D eigenvalue weighted by atomic mass is 19.1. The Morgan fingerprint density at radius 3 is 2.38 bits per heavy atom. The van der Waals surface area contributed by atoms with E-state index in [-0.39, 0.29) is 5.82 Å². The van der Waals surface area contributed by atoms with E-state index in [4.69, 9.17) is 4.79 Å². The van der Waals surface area contributed by atoms with Crippen molar-refractivity contribution >= 4 is 18.2 Å². The van der Waals surface area contributed by atoms with Crippen molar-refractivity contribution in [3.8, 4) is 0 Å². The van der Waals surface area contributed by atoms with E-state index in [2.05, 4.69) is 30.8 Å². The molecule has 3 heterocycles. The second kappa shape index (κ2) is 7.21. The first-order valence-corrected chi connectivity index (χ1v) is 8.01. The van der Waals surface area contributed by atoms with Crippen LogP contribution in [-0.2, 0) is 4.79 Å². The maximum atomic E-state index is 12.6. The molecule has 2 aromatic heterocycles. The number of carbonyl (C=O) groups is 2. The Labute approximate surface area is 141 Å². The maximum absolute atomic E-state index is 12.6. The molecule has 4 rings (SSSR count). The first-order chi connectivity index (χ1) is 11.3. The summed E-state index contributed by atoms with van der Waals surface area (Å²) in [4.78, 5) is 25.4. The number of carbonyl (C=O) groups excluding carboxylic acids is 2. The predicted molar refractivity (Wildman–Crippen MR) is 90.5 cm³/mol. The molecule has 0 radical (unpaired) electrons. The highest BCUT2D eigenvalue weighted by molar-refractivity contribution is 5.73. The van der Waals surface area contributed by atoms with Crippen molar-refractivity contribution in [1.29, 1.82) is 0 Å². The Kier molecular flexibility index (Phi) is 5.49. The van der Waals surface area contributed by atoms with E-state index in [0.29, 0.717) is 23.0 Å². The summed E-state index contributed by atoms with van der Waals surface area (Å²) in [5.74, 6) is 1.70. The first-order valence-electron chi connectivity index (χ1n) is 8.01. The molecule has 2 fully saturated rings. The number of piperidine rings is 1. The average molecular weight is 333 g/mol. The van der Waals surface area contributed by atoms with Crippen LogP contribution in [0.1, 0.15) is 31.3 Å². The van der Waals surface area contributed by atoms with Crippen molar-refractivity contribution in [2.45, 2.75) is 20.8 Å². The zero-order chi connectivity index (χ0) is 17.9. The summed E-state index contributed by atoms with van der Waals surface area (Å²) in [7, 11) is 2.22. The number of fused-ring (bicyclic) bond motifs is 2. The number of rotatable bonds is 1. The van der Waals surface area contributed by atoms with Crippen LogP contribution in [0.15, 0.2) is 24.5 Å². The van der Waals surface area contributed by atoms with E-state index >= 15 is 0 Å². The van der Waals surface area contributed by atoms with Crippen LogP contribution in [-0.4, -0.2) is 47.0 Å². The van der Waals surface area contributed by atoms with Crippen molar-refractivity contribution in [2.75, 3.05) is 20.1 Å².